The first-order valence-corrected chi connectivity index (χ1v) is 11.1. The van der Waals surface area contributed by atoms with Gasteiger partial charge in [-0.1, -0.05) is 36.4 Å². The van der Waals surface area contributed by atoms with Crippen LogP contribution in [0.2, 0.25) is 0 Å². The minimum absolute atomic E-state index is 0.0329. The summed E-state index contributed by atoms with van der Waals surface area (Å²) in [5.74, 6) is -0.420. The monoisotopic (exact) mass is 397 g/mol. The van der Waals surface area contributed by atoms with E-state index < -0.39 is 10.0 Å². The molecule has 0 aliphatic carbocycles. The van der Waals surface area contributed by atoms with E-state index in [1.54, 1.807) is 0 Å². The molecule has 2 N–H and O–H groups in total. The van der Waals surface area contributed by atoms with Crippen molar-refractivity contribution in [1.82, 2.24) is 10.3 Å². The molecule has 7 heteroatoms. The Morgan fingerprint density at radius 1 is 1.11 bits per heavy atom. The van der Waals surface area contributed by atoms with Crippen LogP contribution in [0.3, 0.4) is 0 Å². The van der Waals surface area contributed by atoms with E-state index in [9.17, 15) is 13.2 Å². The third kappa shape index (κ3) is 3.75. The maximum Gasteiger partial charge on any atom is 0.235 e. The average molecular weight is 398 g/mol. The molecule has 0 saturated heterocycles. The summed E-state index contributed by atoms with van der Waals surface area (Å²) in [5.41, 5.74) is 3.98. The number of H-pyrrole nitrogens is 1. The molecular weight excluding hydrogens is 374 g/mol. The Labute approximate surface area is 164 Å². The predicted molar refractivity (Wildman–Crippen MR) is 111 cm³/mol. The zero-order valence-electron chi connectivity index (χ0n) is 15.5. The zero-order chi connectivity index (χ0) is 19.6. The van der Waals surface area contributed by atoms with Crippen molar-refractivity contribution in [1.29, 1.82) is 0 Å². The summed E-state index contributed by atoms with van der Waals surface area (Å²) < 4.78 is 26.7. The summed E-state index contributed by atoms with van der Waals surface area (Å²) in [4.78, 5) is 15.4. The Balaban J connectivity index is 1.29. The van der Waals surface area contributed by atoms with E-state index in [4.69, 9.17) is 0 Å². The van der Waals surface area contributed by atoms with Crippen LogP contribution in [0.4, 0.5) is 5.69 Å². The van der Waals surface area contributed by atoms with Crippen LogP contribution in [0.15, 0.2) is 54.7 Å². The van der Waals surface area contributed by atoms with E-state index in [-0.39, 0.29) is 18.1 Å². The Morgan fingerprint density at radius 3 is 2.79 bits per heavy atom. The molecule has 1 aliphatic heterocycles. The van der Waals surface area contributed by atoms with Gasteiger partial charge in [0.1, 0.15) is 0 Å². The maximum absolute atomic E-state index is 12.6. The summed E-state index contributed by atoms with van der Waals surface area (Å²) in [6.07, 6.45) is 3.33. The van der Waals surface area contributed by atoms with Crippen molar-refractivity contribution in [2.24, 2.45) is 0 Å². The molecule has 1 amide bonds. The largest absolute Gasteiger partial charge is 0.361 e. The number of amides is 1. The number of benzene rings is 2. The fourth-order valence-corrected chi connectivity index (χ4v) is 5.20. The molecule has 6 nitrogen and oxygen atoms in total. The van der Waals surface area contributed by atoms with Gasteiger partial charge in [-0.2, -0.15) is 0 Å². The Kier molecular flexibility index (Phi) is 5.09. The minimum atomic E-state index is -3.50. The van der Waals surface area contributed by atoms with Crippen molar-refractivity contribution >= 4 is 32.5 Å². The van der Waals surface area contributed by atoms with E-state index in [0.717, 1.165) is 27.7 Å². The molecule has 1 aromatic heterocycles. The van der Waals surface area contributed by atoms with Crippen LogP contribution in [0, 0.1) is 0 Å². The van der Waals surface area contributed by atoms with Crippen molar-refractivity contribution in [3.8, 4) is 0 Å². The molecular formula is C21H23N3O3S. The summed E-state index contributed by atoms with van der Waals surface area (Å²) in [5, 5.41) is 3.98. The van der Waals surface area contributed by atoms with E-state index in [1.165, 1.54) is 4.31 Å². The summed E-state index contributed by atoms with van der Waals surface area (Å²) >= 11 is 0. The summed E-state index contributed by atoms with van der Waals surface area (Å²) in [6.45, 7) is 0.928. The number of sulfonamides is 1. The second-order valence-electron chi connectivity index (χ2n) is 6.98. The number of fused-ring (bicyclic) bond motifs is 2. The molecule has 0 bridgehead atoms. The maximum atomic E-state index is 12.6. The van der Waals surface area contributed by atoms with Crippen LogP contribution in [-0.4, -0.2) is 38.2 Å². The topological polar surface area (TPSA) is 82.3 Å². The van der Waals surface area contributed by atoms with Crippen molar-refractivity contribution in [3.05, 3.63) is 65.9 Å². The van der Waals surface area contributed by atoms with Crippen LogP contribution in [0.1, 0.15) is 17.5 Å². The van der Waals surface area contributed by atoms with Crippen LogP contribution in [0.25, 0.3) is 10.9 Å². The molecule has 4 rings (SSSR count). The van der Waals surface area contributed by atoms with Crippen molar-refractivity contribution < 1.29 is 13.2 Å². The smallest absolute Gasteiger partial charge is 0.235 e. The van der Waals surface area contributed by atoms with Gasteiger partial charge in [-0.15, -0.1) is 0 Å². The zero-order valence-corrected chi connectivity index (χ0v) is 16.3. The molecule has 0 unspecified atom stereocenters. The van der Waals surface area contributed by atoms with Gasteiger partial charge in [0, 0.05) is 36.6 Å². The van der Waals surface area contributed by atoms with Gasteiger partial charge < -0.3 is 10.3 Å². The number of anilines is 1. The van der Waals surface area contributed by atoms with Crippen molar-refractivity contribution in [2.45, 2.75) is 19.3 Å². The molecule has 0 spiro atoms. The molecule has 2 heterocycles. The lowest BCUT2D eigenvalue weighted by molar-refractivity contribution is -0.120. The number of nitrogens with zero attached hydrogens (tertiary/aromatic N) is 1. The SMILES string of the molecule is O=C(CCS(=O)(=O)N1CCc2ccccc21)NCCc1c[nH]c2ccccc12. The van der Waals surface area contributed by atoms with Crippen LogP contribution in [-0.2, 0) is 27.7 Å². The van der Waals surface area contributed by atoms with Gasteiger partial charge in [0.15, 0.2) is 0 Å². The highest BCUT2D eigenvalue weighted by Gasteiger charge is 2.29. The van der Waals surface area contributed by atoms with Crippen LogP contribution < -0.4 is 9.62 Å². The van der Waals surface area contributed by atoms with E-state index in [1.807, 2.05) is 54.7 Å². The second kappa shape index (κ2) is 7.67. The van der Waals surface area contributed by atoms with Gasteiger partial charge in [-0.05, 0) is 36.1 Å². The second-order valence-corrected chi connectivity index (χ2v) is 8.99. The third-order valence-electron chi connectivity index (χ3n) is 5.16. The first-order valence-electron chi connectivity index (χ1n) is 9.44. The number of hydrogen-bond acceptors (Lipinski definition) is 3. The molecule has 0 radical (unpaired) electrons. The molecule has 0 saturated carbocycles. The number of carbonyl (C=O) groups is 1. The number of aromatic nitrogens is 1. The standard InChI is InChI=1S/C21H23N3O3S/c25-21(22-12-9-17-15-23-19-7-3-2-6-18(17)19)11-14-28(26,27)24-13-10-16-5-1-4-8-20(16)24/h1-8,15,23H,9-14H2,(H,22,25). The Hall–Kier alpha value is -2.80. The highest BCUT2D eigenvalue weighted by molar-refractivity contribution is 7.92. The average Bonchev–Trinajstić information content (AvgIpc) is 3.31. The van der Waals surface area contributed by atoms with E-state index in [0.29, 0.717) is 25.9 Å². The molecule has 3 aromatic rings. The fraction of sp³-hybridized carbons (Fsp3) is 0.286. The highest BCUT2D eigenvalue weighted by atomic mass is 32.2. The van der Waals surface area contributed by atoms with E-state index in [2.05, 4.69) is 10.3 Å². The summed E-state index contributed by atoms with van der Waals surface area (Å²) in [7, 11) is -3.50. The number of aromatic amines is 1. The minimum Gasteiger partial charge on any atom is -0.361 e. The number of carbonyl (C=O) groups excluding carboxylic acids is 1. The molecule has 0 atom stereocenters. The van der Waals surface area contributed by atoms with Gasteiger partial charge in [-0.3, -0.25) is 9.10 Å². The molecule has 1 aliphatic rings. The Morgan fingerprint density at radius 2 is 1.89 bits per heavy atom. The predicted octanol–water partition coefficient (Wildman–Crippen LogP) is 2.61. The first-order chi connectivity index (χ1) is 13.5. The first kappa shape index (κ1) is 18.6. The molecule has 2 aromatic carbocycles. The lowest BCUT2D eigenvalue weighted by atomic mass is 10.1. The normalized spacial score (nSPS) is 13.6. The highest BCUT2D eigenvalue weighted by Crippen LogP contribution is 2.30. The van der Waals surface area contributed by atoms with Gasteiger partial charge >= 0.3 is 0 Å². The van der Waals surface area contributed by atoms with Crippen molar-refractivity contribution in [3.63, 3.8) is 0 Å². The molecule has 146 valence electrons. The number of nitrogens with one attached hydrogen (secondary N) is 2. The number of rotatable bonds is 7. The number of para-hydroxylation sites is 2. The van der Waals surface area contributed by atoms with Gasteiger partial charge in [0.25, 0.3) is 0 Å². The van der Waals surface area contributed by atoms with Crippen LogP contribution in [0.5, 0.6) is 0 Å². The van der Waals surface area contributed by atoms with Gasteiger partial charge in [-0.25, -0.2) is 8.42 Å². The van der Waals surface area contributed by atoms with Gasteiger partial charge in [0.2, 0.25) is 15.9 Å². The lowest BCUT2D eigenvalue weighted by Gasteiger charge is -2.19. The van der Waals surface area contributed by atoms with E-state index >= 15 is 0 Å². The third-order valence-corrected chi connectivity index (χ3v) is 6.93. The quantitative estimate of drug-likeness (QED) is 0.643. The summed E-state index contributed by atoms with van der Waals surface area (Å²) in [6, 6.07) is 15.5. The van der Waals surface area contributed by atoms with Gasteiger partial charge in [0.05, 0.1) is 11.4 Å². The van der Waals surface area contributed by atoms with Crippen LogP contribution >= 0.6 is 0 Å². The fourth-order valence-electron chi connectivity index (χ4n) is 3.69. The van der Waals surface area contributed by atoms with Crippen molar-refractivity contribution in [2.75, 3.05) is 23.1 Å². The Bertz CT molecular complexity index is 1100. The lowest BCUT2D eigenvalue weighted by Crippen LogP contribution is -2.34. The molecule has 28 heavy (non-hydrogen) atoms. The number of hydrogen-bond donors (Lipinski definition) is 2. The molecule has 0 fully saturated rings.